The molecule has 0 radical (unpaired) electrons. The van der Waals surface area contributed by atoms with Crippen LogP contribution in [0.2, 0.25) is 0 Å². The molecule has 23 heavy (non-hydrogen) atoms. The second kappa shape index (κ2) is 6.63. The first-order chi connectivity index (χ1) is 11.0. The van der Waals surface area contributed by atoms with Crippen molar-refractivity contribution in [3.05, 3.63) is 35.1 Å². The van der Waals surface area contributed by atoms with Gasteiger partial charge in [0.05, 0.1) is 5.56 Å². The Morgan fingerprint density at radius 1 is 1.09 bits per heavy atom. The molecule has 0 bridgehead atoms. The predicted molar refractivity (Wildman–Crippen MR) is 91.6 cm³/mol. The Balaban J connectivity index is 1.64. The van der Waals surface area contributed by atoms with Gasteiger partial charge in [-0.3, -0.25) is 0 Å². The lowest BCUT2D eigenvalue weighted by Crippen LogP contribution is -2.34. The van der Waals surface area contributed by atoms with E-state index < -0.39 is 0 Å². The van der Waals surface area contributed by atoms with Crippen molar-refractivity contribution in [1.82, 2.24) is 0 Å². The first kappa shape index (κ1) is 16.5. The van der Waals surface area contributed by atoms with Crippen LogP contribution in [0.15, 0.2) is 18.2 Å². The van der Waals surface area contributed by atoms with Gasteiger partial charge in [0, 0.05) is 0 Å². The van der Waals surface area contributed by atoms with Gasteiger partial charge >= 0.3 is 0 Å². The van der Waals surface area contributed by atoms with E-state index >= 15 is 0 Å². The number of rotatable bonds is 2. The van der Waals surface area contributed by atoms with E-state index in [-0.39, 0.29) is 11.4 Å². The van der Waals surface area contributed by atoms with Crippen LogP contribution in [0.5, 0.6) is 0 Å². The van der Waals surface area contributed by atoms with Crippen LogP contribution < -0.4 is 0 Å². The molecule has 0 N–H and O–H groups in total. The highest BCUT2D eigenvalue weighted by Crippen LogP contribution is 2.51. The Labute approximate surface area is 139 Å². The molecule has 2 fully saturated rings. The zero-order valence-corrected chi connectivity index (χ0v) is 14.4. The average Bonchev–Trinajstić information content (AvgIpc) is 2.56. The van der Waals surface area contributed by atoms with Gasteiger partial charge in [0.2, 0.25) is 0 Å². The van der Waals surface area contributed by atoms with Gasteiger partial charge in [0.1, 0.15) is 11.9 Å². The maximum Gasteiger partial charge on any atom is 0.141 e. The Kier molecular flexibility index (Phi) is 4.76. The molecule has 0 amide bonds. The summed E-state index contributed by atoms with van der Waals surface area (Å²) in [6.07, 6.45) is 10.4. The van der Waals surface area contributed by atoms with Gasteiger partial charge in [-0.05, 0) is 79.4 Å². The molecule has 0 unspecified atom stereocenters. The fraction of sp³-hybridized carbons (Fsp3) is 0.667. The number of hydrogen-bond donors (Lipinski definition) is 0. The molecular formula is C21H28FN. The monoisotopic (exact) mass is 313 g/mol. The van der Waals surface area contributed by atoms with E-state index in [9.17, 15) is 4.39 Å². The summed E-state index contributed by atoms with van der Waals surface area (Å²) >= 11 is 0. The van der Waals surface area contributed by atoms with E-state index in [1.807, 2.05) is 12.1 Å². The smallest absolute Gasteiger partial charge is 0.141 e. The van der Waals surface area contributed by atoms with Crippen LogP contribution in [-0.4, -0.2) is 0 Å². The fourth-order valence-corrected chi connectivity index (χ4v) is 4.85. The molecule has 0 saturated heterocycles. The SMILES string of the molecule is CC1CCC(C2(C)CCC(c3ccc(C#N)c(F)c3)CC2)CC1. The van der Waals surface area contributed by atoms with Gasteiger partial charge in [-0.1, -0.05) is 32.8 Å². The Morgan fingerprint density at radius 2 is 1.74 bits per heavy atom. The molecule has 2 aliphatic rings. The zero-order valence-electron chi connectivity index (χ0n) is 14.4. The van der Waals surface area contributed by atoms with Crippen LogP contribution in [0.1, 0.15) is 82.3 Å². The third kappa shape index (κ3) is 3.44. The predicted octanol–water partition coefficient (Wildman–Crippen LogP) is 6.19. The molecule has 0 aliphatic heterocycles. The fourth-order valence-electron chi connectivity index (χ4n) is 4.85. The first-order valence-corrected chi connectivity index (χ1v) is 9.21. The van der Waals surface area contributed by atoms with Crippen molar-refractivity contribution in [3.63, 3.8) is 0 Å². The van der Waals surface area contributed by atoms with Crippen LogP contribution in [0.25, 0.3) is 0 Å². The summed E-state index contributed by atoms with van der Waals surface area (Å²) in [5.74, 6) is 1.90. The number of nitrogens with zero attached hydrogens (tertiary/aromatic N) is 1. The van der Waals surface area contributed by atoms with Crippen molar-refractivity contribution in [1.29, 1.82) is 5.26 Å². The van der Waals surface area contributed by atoms with Crippen molar-refractivity contribution in [2.75, 3.05) is 0 Å². The van der Waals surface area contributed by atoms with E-state index in [0.717, 1.165) is 30.2 Å². The summed E-state index contributed by atoms with van der Waals surface area (Å²) in [5, 5.41) is 8.86. The highest BCUT2D eigenvalue weighted by atomic mass is 19.1. The molecule has 0 aromatic heterocycles. The van der Waals surface area contributed by atoms with E-state index in [0.29, 0.717) is 11.3 Å². The van der Waals surface area contributed by atoms with Crippen LogP contribution in [0.3, 0.4) is 0 Å². The first-order valence-electron chi connectivity index (χ1n) is 9.21. The lowest BCUT2D eigenvalue weighted by molar-refractivity contribution is 0.0693. The summed E-state index contributed by atoms with van der Waals surface area (Å²) in [7, 11) is 0. The van der Waals surface area contributed by atoms with Gasteiger partial charge < -0.3 is 0 Å². The minimum atomic E-state index is -0.361. The molecule has 1 aromatic rings. The lowest BCUT2D eigenvalue weighted by atomic mass is 9.60. The van der Waals surface area contributed by atoms with Gasteiger partial charge in [-0.25, -0.2) is 4.39 Å². The van der Waals surface area contributed by atoms with Crippen LogP contribution in [0, 0.1) is 34.4 Å². The highest BCUT2D eigenvalue weighted by Gasteiger charge is 2.39. The number of hydrogen-bond acceptors (Lipinski definition) is 1. The third-order valence-corrected chi connectivity index (χ3v) is 6.71. The quantitative estimate of drug-likeness (QED) is 0.639. The molecule has 124 valence electrons. The summed E-state index contributed by atoms with van der Waals surface area (Å²) < 4.78 is 13.9. The normalized spacial score (nSPS) is 34.8. The molecule has 2 saturated carbocycles. The molecular weight excluding hydrogens is 285 g/mol. The van der Waals surface area contributed by atoms with Crippen molar-refractivity contribution in [2.24, 2.45) is 17.3 Å². The molecule has 1 nitrogen and oxygen atoms in total. The number of nitriles is 1. The summed E-state index contributed by atoms with van der Waals surface area (Å²) in [6.45, 7) is 4.87. The largest absolute Gasteiger partial charge is 0.206 e. The van der Waals surface area contributed by atoms with Crippen LogP contribution >= 0.6 is 0 Å². The Bertz CT molecular complexity index is 584. The minimum Gasteiger partial charge on any atom is -0.206 e. The van der Waals surface area contributed by atoms with Crippen molar-refractivity contribution in [2.45, 2.75) is 71.1 Å². The number of halogens is 1. The summed E-state index contributed by atoms with van der Waals surface area (Å²) in [4.78, 5) is 0. The van der Waals surface area contributed by atoms with E-state index in [1.165, 1.54) is 38.5 Å². The van der Waals surface area contributed by atoms with E-state index in [2.05, 4.69) is 13.8 Å². The van der Waals surface area contributed by atoms with Crippen LogP contribution in [0.4, 0.5) is 4.39 Å². The average molecular weight is 313 g/mol. The summed E-state index contributed by atoms with van der Waals surface area (Å²) in [6, 6.07) is 7.10. The maximum absolute atomic E-state index is 13.9. The maximum atomic E-state index is 13.9. The molecule has 0 spiro atoms. The highest BCUT2D eigenvalue weighted by molar-refractivity contribution is 5.35. The molecule has 2 aliphatic carbocycles. The Morgan fingerprint density at radius 3 is 2.30 bits per heavy atom. The molecule has 0 atom stereocenters. The zero-order chi connectivity index (χ0) is 16.4. The third-order valence-electron chi connectivity index (χ3n) is 6.71. The molecule has 0 heterocycles. The Hall–Kier alpha value is -1.36. The minimum absolute atomic E-state index is 0.158. The van der Waals surface area contributed by atoms with Gasteiger partial charge in [0.15, 0.2) is 0 Å². The standard InChI is InChI=1S/C21H28FN/c1-15-3-7-19(8-4-15)21(2)11-9-16(10-12-21)17-5-6-18(14-23)20(22)13-17/h5-6,13,15-16,19H,3-4,7-12H2,1-2H3. The topological polar surface area (TPSA) is 23.8 Å². The van der Waals surface area contributed by atoms with Crippen molar-refractivity contribution < 1.29 is 4.39 Å². The second-order valence-electron chi connectivity index (χ2n) is 8.24. The molecule has 3 rings (SSSR count). The van der Waals surface area contributed by atoms with Gasteiger partial charge in [-0.2, -0.15) is 5.26 Å². The lowest BCUT2D eigenvalue weighted by Gasteiger charge is -2.45. The van der Waals surface area contributed by atoms with Gasteiger partial charge in [0.25, 0.3) is 0 Å². The number of benzene rings is 1. The molecule has 2 heteroatoms. The van der Waals surface area contributed by atoms with Gasteiger partial charge in [-0.15, -0.1) is 0 Å². The van der Waals surface area contributed by atoms with Crippen molar-refractivity contribution >= 4 is 0 Å². The van der Waals surface area contributed by atoms with E-state index in [1.54, 1.807) is 12.1 Å². The molecule has 1 aromatic carbocycles. The summed E-state index contributed by atoms with van der Waals surface area (Å²) in [5.41, 5.74) is 1.73. The van der Waals surface area contributed by atoms with Crippen molar-refractivity contribution in [3.8, 4) is 6.07 Å². The van der Waals surface area contributed by atoms with Crippen LogP contribution in [-0.2, 0) is 0 Å². The second-order valence-corrected chi connectivity index (χ2v) is 8.24. The van der Waals surface area contributed by atoms with E-state index in [4.69, 9.17) is 5.26 Å².